The third kappa shape index (κ3) is 5.32. The fourth-order valence-electron chi connectivity index (χ4n) is 3.29. The van der Waals surface area contributed by atoms with Crippen LogP contribution in [0.3, 0.4) is 0 Å². The third-order valence-corrected chi connectivity index (χ3v) is 4.32. The summed E-state index contributed by atoms with van der Waals surface area (Å²) in [7, 11) is 0. The van der Waals surface area contributed by atoms with Gasteiger partial charge in [0, 0.05) is 26.1 Å². The lowest BCUT2D eigenvalue weighted by molar-refractivity contribution is -0.0776. The summed E-state index contributed by atoms with van der Waals surface area (Å²) < 4.78 is 5.72. The zero-order valence-electron chi connectivity index (χ0n) is 15.2. The van der Waals surface area contributed by atoms with Crippen molar-refractivity contribution < 1.29 is 9.84 Å². The molecule has 7 heteroatoms. The van der Waals surface area contributed by atoms with Gasteiger partial charge in [0.15, 0.2) is 5.82 Å². The first-order valence-electron chi connectivity index (χ1n) is 8.86. The van der Waals surface area contributed by atoms with Crippen molar-refractivity contribution in [2.75, 3.05) is 19.6 Å². The summed E-state index contributed by atoms with van der Waals surface area (Å²) in [6, 6.07) is 8.30. The van der Waals surface area contributed by atoms with Gasteiger partial charge in [-0.15, -0.1) is 10.2 Å². The first kappa shape index (κ1) is 18.0. The topological polar surface area (TPSA) is 76.3 Å². The summed E-state index contributed by atoms with van der Waals surface area (Å²) in [5.74, 6) is 0.671. The molecule has 136 valence electrons. The highest BCUT2D eigenvalue weighted by atomic mass is 16.5. The van der Waals surface area contributed by atoms with Crippen LogP contribution in [0.5, 0.6) is 0 Å². The highest BCUT2D eigenvalue weighted by Crippen LogP contribution is 2.11. The van der Waals surface area contributed by atoms with E-state index in [9.17, 15) is 5.11 Å². The van der Waals surface area contributed by atoms with Crippen LogP contribution in [0.15, 0.2) is 24.3 Å². The second-order valence-electron chi connectivity index (χ2n) is 7.05. The second kappa shape index (κ2) is 8.03. The number of aromatic nitrogens is 4. The number of ether oxygens (including phenoxy) is 1. The molecule has 0 radical (unpaired) electrons. The molecular weight excluding hydrogens is 318 g/mol. The molecule has 1 N–H and O–H groups in total. The van der Waals surface area contributed by atoms with Crippen LogP contribution in [0.25, 0.3) is 0 Å². The standard InChI is InChI=1S/C18H27N5O2/c1-13-4-6-16(7-5-13)8-18-19-21-23(20-18)12-17(24)11-22-9-14(2)25-15(3)10-22/h4-7,14-15,17,24H,8-12H2,1-3H3/t14-,15-,17-/m1/s1. The lowest BCUT2D eigenvalue weighted by Crippen LogP contribution is -2.48. The second-order valence-corrected chi connectivity index (χ2v) is 7.05. The highest BCUT2D eigenvalue weighted by molar-refractivity contribution is 5.23. The molecular formula is C18H27N5O2. The number of rotatable bonds is 6. The zero-order chi connectivity index (χ0) is 17.8. The van der Waals surface area contributed by atoms with Crippen molar-refractivity contribution in [1.82, 2.24) is 25.1 Å². The summed E-state index contributed by atoms with van der Waals surface area (Å²) in [6.07, 6.45) is 0.511. The van der Waals surface area contributed by atoms with Crippen molar-refractivity contribution in [2.45, 2.75) is 52.0 Å². The van der Waals surface area contributed by atoms with Gasteiger partial charge in [-0.1, -0.05) is 29.8 Å². The molecule has 1 aromatic heterocycles. The molecule has 1 fully saturated rings. The lowest BCUT2D eigenvalue weighted by atomic mass is 10.1. The minimum atomic E-state index is -0.529. The Balaban J connectivity index is 1.51. The Bertz CT molecular complexity index is 662. The highest BCUT2D eigenvalue weighted by Gasteiger charge is 2.24. The minimum absolute atomic E-state index is 0.196. The third-order valence-electron chi connectivity index (χ3n) is 4.32. The van der Waals surface area contributed by atoms with Gasteiger partial charge in [0.2, 0.25) is 0 Å². The van der Waals surface area contributed by atoms with E-state index in [1.165, 1.54) is 10.4 Å². The SMILES string of the molecule is Cc1ccc(Cc2nnn(C[C@H](O)CN3C[C@@H](C)O[C@H](C)C3)n2)cc1. The van der Waals surface area contributed by atoms with Gasteiger partial charge >= 0.3 is 0 Å². The Morgan fingerprint density at radius 2 is 1.84 bits per heavy atom. The molecule has 0 amide bonds. The number of hydrogen-bond donors (Lipinski definition) is 1. The van der Waals surface area contributed by atoms with Crippen molar-refractivity contribution >= 4 is 0 Å². The monoisotopic (exact) mass is 345 g/mol. The van der Waals surface area contributed by atoms with E-state index in [1.807, 2.05) is 0 Å². The van der Waals surface area contributed by atoms with Crippen molar-refractivity contribution in [2.24, 2.45) is 0 Å². The maximum absolute atomic E-state index is 10.3. The first-order chi connectivity index (χ1) is 12.0. The molecule has 7 nitrogen and oxygen atoms in total. The van der Waals surface area contributed by atoms with E-state index < -0.39 is 6.10 Å². The van der Waals surface area contributed by atoms with E-state index in [0.29, 0.717) is 25.3 Å². The number of aryl methyl sites for hydroxylation is 1. The lowest BCUT2D eigenvalue weighted by Gasteiger charge is -2.36. The van der Waals surface area contributed by atoms with E-state index in [4.69, 9.17) is 4.74 Å². The van der Waals surface area contributed by atoms with Gasteiger partial charge in [0.1, 0.15) is 0 Å². The minimum Gasteiger partial charge on any atom is -0.390 e. The number of aliphatic hydroxyl groups is 1. The summed E-state index contributed by atoms with van der Waals surface area (Å²) in [4.78, 5) is 3.72. The fraction of sp³-hybridized carbons (Fsp3) is 0.611. The van der Waals surface area contributed by atoms with Crippen LogP contribution in [0.4, 0.5) is 0 Å². The Morgan fingerprint density at radius 1 is 1.16 bits per heavy atom. The van der Waals surface area contributed by atoms with Crippen LogP contribution in [-0.2, 0) is 17.7 Å². The molecule has 1 aromatic carbocycles. The predicted molar refractivity (Wildman–Crippen MR) is 94.3 cm³/mol. The van der Waals surface area contributed by atoms with Crippen LogP contribution < -0.4 is 0 Å². The number of benzene rings is 1. The van der Waals surface area contributed by atoms with Crippen LogP contribution >= 0.6 is 0 Å². The number of morpholine rings is 1. The fourth-order valence-corrected chi connectivity index (χ4v) is 3.29. The molecule has 0 unspecified atom stereocenters. The molecule has 0 aliphatic carbocycles. The largest absolute Gasteiger partial charge is 0.390 e. The zero-order valence-corrected chi connectivity index (χ0v) is 15.2. The average Bonchev–Trinajstić information content (AvgIpc) is 2.95. The van der Waals surface area contributed by atoms with Gasteiger partial charge in [-0.2, -0.15) is 4.80 Å². The number of tetrazole rings is 1. The normalized spacial score (nSPS) is 22.9. The van der Waals surface area contributed by atoms with E-state index in [2.05, 4.69) is 65.3 Å². The van der Waals surface area contributed by atoms with E-state index in [-0.39, 0.29) is 12.2 Å². The van der Waals surface area contributed by atoms with Crippen LogP contribution in [0.1, 0.15) is 30.8 Å². The molecule has 1 aliphatic heterocycles. The molecule has 1 saturated heterocycles. The molecule has 0 bridgehead atoms. The Kier molecular flexibility index (Phi) is 5.78. The number of hydrogen-bond acceptors (Lipinski definition) is 6. The van der Waals surface area contributed by atoms with Gasteiger partial charge in [0.25, 0.3) is 0 Å². The smallest absolute Gasteiger partial charge is 0.179 e. The van der Waals surface area contributed by atoms with Crippen molar-refractivity contribution in [1.29, 1.82) is 0 Å². The molecule has 3 rings (SSSR count). The van der Waals surface area contributed by atoms with E-state index >= 15 is 0 Å². The number of β-amino-alcohol motifs (C(OH)–C–C–N with tert-alkyl or cyclic N) is 1. The Morgan fingerprint density at radius 3 is 2.52 bits per heavy atom. The van der Waals surface area contributed by atoms with Crippen LogP contribution in [-0.4, -0.2) is 68.2 Å². The maximum atomic E-state index is 10.3. The van der Waals surface area contributed by atoms with Crippen molar-refractivity contribution in [3.05, 3.63) is 41.2 Å². The summed E-state index contributed by atoms with van der Waals surface area (Å²) >= 11 is 0. The number of aliphatic hydroxyl groups excluding tert-OH is 1. The van der Waals surface area contributed by atoms with E-state index in [1.54, 1.807) is 0 Å². The quantitative estimate of drug-likeness (QED) is 0.843. The first-order valence-corrected chi connectivity index (χ1v) is 8.86. The Labute approximate surface area is 148 Å². The predicted octanol–water partition coefficient (Wildman–Crippen LogP) is 1.04. The number of nitrogens with zero attached hydrogens (tertiary/aromatic N) is 5. The van der Waals surface area contributed by atoms with Crippen molar-refractivity contribution in [3.8, 4) is 0 Å². The molecule has 0 spiro atoms. The molecule has 25 heavy (non-hydrogen) atoms. The maximum Gasteiger partial charge on any atom is 0.179 e. The molecule has 0 saturated carbocycles. The Hall–Kier alpha value is -1.83. The van der Waals surface area contributed by atoms with E-state index in [0.717, 1.165) is 18.7 Å². The molecule has 2 aromatic rings. The van der Waals surface area contributed by atoms with Gasteiger partial charge in [-0.3, -0.25) is 4.90 Å². The summed E-state index contributed by atoms with van der Waals surface area (Å²) in [6.45, 7) is 8.80. The van der Waals surface area contributed by atoms with Crippen LogP contribution in [0.2, 0.25) is 0 Å². The molecule has 2 heterocycles. The van der Waals surface area contributed by atoms with Gasteiger partial charge in [-0.05, 0) is 31.5 Å². The van der Waals surface area contributed by atoms with Crippen LogP contribution in [0, 0.1) is 6.92 Å². The summed E-state index contributed by atoms with van der Waals surface area (Å²) in [5, 5.41) is 22.9. The average molecular weight is 345 g/mol. The van der Waals surface area contributed by atoms with Gasteiger partial charge in [-0.25, -0.2) is 0 Å². The molecule has 3 atom stereocenters. The van der Waals surface area contributed by atoms with Gasteiger partial charge in [0.05, 0.1) is 24.9 Å². The molecule has 1 aliphatic rings. The van der Waals surface area contributed by atoms with Crippen molar-refractivity contribution in [3.63, 3.8) is 0 Å². The van der Waals surface area contributed by atoms with Gasteiger partial charge < -0.3 is 9.84 Å². The summed E-state index contributed by atoms with van der Waals surface area (Å²) in [5.41, 5.74) is 2.39.